The first-order valence-electron chi connectivity index (χ1n) is 23.4. The molecule has 290 valence electrons. The SMILES string of the molecule is [2H]c1cc([2H])c2c(c1[2H])c1c([2H])c([2H])cc([2H])c1n2-c1cc(-c2ccccc2)c2oc3cc(-c4ccccc4-c4ccccc4-c4nc(-c5ccccc5)nc(-c5ccccc5)n4)ccc3c2c1. The Morgan fingerprint density at radius 2 is 0.887 bits per heavy atom. The van der Waals surface area contributed by atoms with Gasteiger partial charge in [0.2, 0.25) is 0 Å². The van der Waals surface area contributed by atoms with Crippen LogP contribution in [0, 0.1) is 0 Å². The first kappa shape index (κ1) is 29.7. The summed E-state index contributed by atoms with van der Waals surface area (Å²) in [5.41, 5.74) is 10.6. The minimum atomic E-state index is -0.162. The van der Waals surface area contributed by atoms with Gasteiger partial charge in [0, 0.05) is 49.5 Å². The zero-order valence-electron chi connectivity index (χ0n) is 39.0. The van der Waals surface area contributed by atoms with E-state index in [0.29, 0.717) is 45.4 Å². The Hall–Kier alpha value is -8.41. The van der Waals surface area contributed by atoms with E-state index in [0.717, 1.165) is 60.8 Å². The Kier molecular flexibility index (Phi) is 7.05. The fourth-order valence-electron chi connectivity index (χ4n) is 8.58. The lowest BCUT2D eigenvalue weighted by molar-refractivity contribution is 0.670. The van der Waals surface area contributed by atoms with Gasteiger partial charge >= 0.3 is 0 Å². The van der Waals surface area contributed by atoms with E-state index < -0.39 is 0 Å². The average Bonchev–Trinajstić information content (AvgIpc) is 3.95. The molecule has 0 saturated carbocycles. The Labute approximate surface area is 366 Å². The van der Waals surface area contributed by atoms with E-state index in [2.05, 4.69) is 36.4 Å². The maximum Gasteiger partial charge on any atom is 0.164 e. The fraction of sp³-hybridized carbons (Fsp3) is 0. The van der Waals surface area contributed by atoms with Crippen LogP contribution < -0.4 is 0 Å². The summed E-state index contributed by atoms with van der Waals surface area (Å²) in [5.74, 6) is 1.71. The zero-order chi connectivity index (χ0) is 46.2. The second-order valence-corrected chi connectivity index (χ2v) is 15.1. The molecule has 5 nitrogen and oxygen atoms in total. The fourth-order valence-corrected chi connectivity index (χ4v) is 8.58. The minimum Gasteiger partial charge on any atom is -0.455 e. The highest BCUT2D eigenvalue weighted by atomic mass is 16.3. The third kappa shape index (κ3) is 5.98. The topological polar surface area (TPSA) is 56.7 Å². The van der Waals surface area contributed by atoms with E-state index in [1.165, 1.54) is 12.1 Å². The van der Waals surface area contributed by atoms with Gasteiger partial charge in [0.1, 0.15) is 11.2 Å². The molecule has 0 spiro atoms. The van der Waals surface area contributed by atoms with E-state index in [1.807, 2.05) is 133 Å². The van der Waals surface area contributed by atoms with Gasteiger partial charge in [-0.1, -0.05) is 182 Å². The van der Waals surface area contributed by atoms with Gasteiger partial charge in [-0.25, -0.2) is 15.0 Å². The second kappa shape index (κ2) is 14.7. The molecule has 12 rings (SSSR count). The molecule has 0 bridgehead atoms. The summed E-state index contributed by atoms with van der Waals surface area (Å²) in [5, 5.41) is 2.04. The normalized spacial score (nSPS) is 12.9. The van der Waals surface area contributed by atoms with Crippen LogP contribution >= 0.6 is 0 Å². The van der Waals surface area contributed by atoms with Crippen LogP contribution in [0.4, 0.5) is 0 Å². The standard InChI is InChI=1S/C57H36N4O/c1-4-18-37(19-5-1)49-35-41(61-51-30-16-14-27-45(51)46-28-15-17-31-52(46)61)36-50-47-33-32-40(34-53(47)62-54(49)50)42-24-10-11-25-43(42)44-26-12-13-29-48(44)57-59-55(38-20-6-2-7-21-38)58-56(60-57)39-22-8-3-9-23-39/h1-36H/i14D,15D,27D,28D,30D,31D. The van der Waals surface area contributed by atoms with Crippen molar-refractivity contribution in [1.82, 2.24) is 19.5 Å². The first-order valence-corrected chi connectivity index (χ1v) is 20.4. The van der Waals surface area contributed by atoms with Crippen LogP contribution in [-0.4, -0.2) is 19.5 Å². The summed E-state index contributed by atoms with van der Waals surface area (Å²) in [4.78, 5) is 15.1. The molecule has 0 N–H and O–H groups in total. The molecule has 5 heteroatoms. The van der Waals surface area contributed by atoms with Gasteiger partial charge in [-0.15, -0.1) is 0 Å². The van der Waals surface area contributed by atoms with Crippen LogP contribution in [0.25, 0.3) is 117 Å². The monoisotopic (exact) mass is 798 g/mol. The van der Waals surface area contributed by atoms with E-state index in [1.54, 1.807) is 4.57 Å². The molecule has 0 aliphatic carbocycles. The Morgan fingerprint density at radius 3 is 1.50 bits per heavy atom. The van der Waals surface area contributed by atoms with Crippen LogP contribution in [0.5, 0.6) is 0 Å². The molecule has 0 radical (unpaired) electrons. The number of hydrogen-bond acceptors (Lipinski definition) is 4. The predicted octanol–water partition coefficient (Wildman–Crippen LogP) is 14.9. The highest BCUT2D eigenvalue weighted by Crippen LogP contribution is 2.43. The maximum absolute atomic E-state index is 9.12. The molecular weight excluding hydrogens is 757 g/mol. The summed E-state index contributed by atoms with van der Waals surface area (Å²) in [6, 6.07) is 58.3. The Morgan fingerprint density at radius 1 is 0.371 bits per heavy atom. The molecule has 0 fully saturated rings. The number of nitrogens with zero attached hydrogens (tertiary/aromatic N) is 4. The van der Waals surface area contributed by atoms with Crippen molar-refractivity contribution >= 4 is 43.7 Å². The molecule has 0 aliphatic heterocycles. The van der Waals surface area contributed by atoms with Crippen molar-refractivity contribution < 1.29 is 12.6 Å². The number of fused-ring (bicyclic) bond motifs is 6. The van der Waals surface area contributed by atoms with Crippen molar-refractivity contribution in [2.45, 2.75) is 0 Å². The van der Waals surface area contributed by atoms with Gasteiger partial charge in [-0.2, -0.15) is 0 Å². The lowest BCUT2D eigenvalue weighted by Crippen LogP contribution is -2.01. The number of rotatable bonds is 7. The van der Waals surface area contributed by atoms with Gasteiger partial charge in [-0.05, 0) is 64.2 Å². The summed E-state index contributed by atoms with van der Waals surface area (Å²) >= 11 is 0. The molecular formula is C57H36N4O. The van der Waals surface area contributed by atoms with E-state index >= 15 is 0 Å². The second-order valence-electron chi connectivity index (χ2n) is 15.1. The molecule has 62 heavy (non-hydrogen) atoms. The average molecular weight is 799 g/mol. The van der Waals surface area contributed by atoms with Gasteiger partial charge in [0.25, 0.3) is 0 Å². The quantitative estimate of drug-likeness (QED) is 0.161. The maximum atomic E-state index is 9.12. The minimum absolute atomic E-state index is 0.0189. The summed E-state index contributed by atoms with van der Waals surface area (Å²) in [7, 11) is 0. The van der Waals surface area contributed by atoms with Crippen molar-refractivity contribution in [3.05, 3.63) is 218 Å². The predicted molar refractivity (Wildman–Crippen MR) is 254 cm³/mol. The largest absolute Gasteiger partial charge is 0.455 e. The summed E-state index contributed by atoms with van der Waals surface area (Å²) in [6.45, 7) is 0. The molecule has 9 aromatic carbocycles. The van der Waals surface area contributed by atoms with Gasteiger partial charge in [0.15, 0.2) is 17.5 Å². The molecule has 0 saturated heterocycles. The molecule has 0 atom stereocenters. The summed E-state index contributed by atoms with van der Waals surface area (Å²) < 4.78 is 61.8. The lowest BCUT2D eigenvalue weighted by atomic mass is 9.91. The van der Waals surface area contributed by atoms with Crippen molar-refractivity contribution in [2.75, 3.05) is 0 Å². The van der Waals surface area contributed by atoms with Crippen molar-refractivity contribution in [3.63, 3.8) is 0 Å². The van der Waals surface area contributed by atoms with Crippen LogP contribution in [0.15, 0.2) is 223 Å². The van der Waals surface area contributed by atoms with Crippen LogP contribution in [0.3, 0.4) is 0 Å². The molecule has 0 aliphatic rings. The highest BCUT2D eigenvalue weighted by molar-refractivity contribution is 6.13. The Bertz CT molecular complexity index is 3860. The van der Waals surface area contributed by atoms with Crippen molar-refractivity contribution in [3.8, 4) is 73.2 Å². The Balaban J connectivity index is 1.05. The third-order valence-electron chi connectivity index (χ3n) is 11.4. The number of para-hydroxylation sites is 2. The highest BCUT2D eigenvalue weighted by Gasteiger charge is 2.21. The third-order valence-corrected chi connectivity index (χ3v) is 11.4. The number of benzene rings is 9. The summed E-state index contributed by atoms with van der Waals surface area (Å²) in [6.07, 6.45) is 0. The molecule has 0 amide bonds. The van der Waals surface area contributed by atoms with Crippen molar-refractivity contribution in [1.29, 1.82) is 0 Å². The van der Waals surface area contributed by atoms with Gasteiger partial charge in [0.05, 0.1) is 19.3 Å². The molecule has 0 unspecified atom stereocenters. The number of aromatic nitrogens is 4. The van der Waals surface area contributed by atoms with Crippen LogP contribution in [0.2, 0.25) is 0 Å². The molecule has 12 aromatic rings. The van der Waals surface area contributed by atoms with Crippen LogP contribution in [0.1, 0.15) is 8.22 Å². The molecule has 3 heterocycles. The van der Waals surface area contributed by atoms with Gasteiger partial charge in [-0.3, -0.25) is 0 Å². The van der Waals surface area contributed by atoms with Crippen molar-refractivity contribution in [2.24, 2.45) is 0 Å². The lowest BCUT2D eigenvalue weighted by Gasteiger charge is -2.15. The molecule has 3 aromatic heterocycles. The van der Waals surface area contributed by atoms with E-state index in [9.17, 15) is 0 Å². The van der Waals surface area contributed by atoms with Crippen LogP contribution in [-0.2, 0) is 0 Å². The smallest absolute Gasteiger partial charge is 0.164 e. The first-order chi connectivity index (χ1) is 33.2. The number of hydrogen-bond donors (Lipinski definition) is 0. The van der Waals surface area contributed by atoms with Gasteiger partial charge < -0.3 is 8.98 Å². The number of furan rings is 1. The van der Waals surface area contributed by atoms with E-state index in [-0.39, 0.29) is 47.0 Å². The van der Waals surface area contributed by atoms with E-state index in [4.69, 9.17) is 27.6 Å². The zero-order valence-corrected chi connectivity index (χ0v) is 33.0.